The van der Waals surface area contributed by atoms with Crippen LogP contribution in [-0.2, 0) is 14.2 Å². The second-order valence-electron chi connectivity index (χ2n) is 1.25. The monoisotopic (exact) mass is 119 g/mol. The first-order valence-electron chi connectivity index (χ1n) is 1.80. The van der Waals surface area contributed by atoms with Gasteiger partial charge in [-0.25, -0.2) is 8.99 Å². The van der Waals surface area contributed by atoms with Gasteiger partial charge < -0.3 is 4.18 Å². The zero-order valence-corrected chi connectivity index (χ0v) is 4.40. The van der Waals surface area contributed by atoms with Crippen LogP contribution in [0.2, 0.25) is 0 Å². The van der Waals surface area contributed by atoms with Crippen LogP contribution in [0, 0.1) is 4.78 Å². The van der Waals surface area contributed by atoms with Crippen LogP contribution in [0.4, 0.5) is 0 Å². The van der Waals surface area contributed by atoms with Crippen LogP contribution in [0.5, 0.6) is 0 Å². The molecule has 1 heterocycles. The molecule has 0 fully saturated rings. The highest BCUT2D eigenvalue weighted by molar-refractivity contribution is 7.88. The van der Waals surface area contributed by atoms with Gasteiger partial charge in [-0.15, -0.1) is 0 Å². The third-order valence-corrected chi connectivity index (χ3v) is 1.68. The van der Waals surface area contributed by atoms with Crippen molar-refractivity contribution in [1.82, 2.24) is 0 Å². The fourth-order valence-corrected chi connectivity index (χ4v) is 1.00. The summed E-state index contributed by atoms with van der Waals surface area (Å²) in [5, 5.41) is 0. The maximum atomic E-state index is 10.4. The summed E-state index contributed by atoms with van der Waals surface area (Å²) in [6, 6.07) is 0. The molecule has 0 saturated carbocycles. The molecule has 40 valence electrons. The minimum Gasteiger partial charge on any atom is -0.404 e. The molecule has 0 saturated heterocycles. The Morgan fingerprint density at radius 2 is 2.57 bits per heavy atom. The normalized spacial score (nSPS) is 38.3. The van der Waals surface area contributed by atoms with Gasteiger partial charge in [-0.2, -0.15) is 0 Å². The maximum Gasteiger partial charge on any atom is 0.206 e. The summed E-state index contributed by atoms with van der Waals surface area (Å²) in [4.78, 5) is 0. The van der Waals surface area contributed by atoms with Crippen molar-refractivity contribution in [2.45, 2.75) is 0 Å². The molecule has 7 heavy (non-hydrogen) atoms. The van der Waals surface area contributed by atoms with Crippen LogP contribution in [0.15, 0.2) is 12.3 Å². The van der Waals surface area contributed by atoms with Crippen LogP contribution in [0.25, 0.3) is 0 Å². The molecule has 1 unspecified atom stereocenters. The molecule has 0 spiro atoms. The van der Waals surface area contributed by atoms with Gasteiger partial charge >= 0.3 is 0 Å². The van der Waals surface area contributed by atoms with Gasteiger partial charge in [0.25, 0.3) is 0 Å². The number of nitrogens with one attached hydrogen (secondary N) is 1. The van der Waals surface area contributed by atoms with E-state index in [1.807, 2.05) is 0 Å². The lowest BCUT2D eigenvalue weighted by Crippen LogP contribution is -1.94. The van der Waals surface area contributed by atoms with E-state index in [9.17, 15) is 4.21 Å². The summed E-state index contributed by atoms with van der Waals surface area (Å²) in [6.45, 7) is 0. The quantitative estimate of drug-likeness (QED) is 0.504. The highest BCUT2D eigenvalue weighted by atomic mass is 32.2. The average Bonchev–Trinajstić information content (AvgIpc) is 1.84. The molecule has 1 aliphatic rings. The zero-order chi connectivity index (χ0) is 5.33. The van der Waals surface area contributed by atoms with Gasteiger partial charge in [0.05, 0.1) is 5.75 Å². The van der Waals surface area contributed by atoms with E-state index >= 15 is 0 Å². The third-order valence-electron chi connectivity index (χ3n) is 0.623. The molecule has 0 radical (unpaired) electrons. The lowest BCUT2D eigenvalue weighted by atomic mass is 10.7. The Hall–Kier alpha value is -0.510. The van der Waals surface area contributed by atoms with Crippen LogP contribution < -0.4 is 0 Å². The largest absolute Gasteiger partial charge is 0.404 e. The molecule has 1 atom stereocenters. The van der Waals surface area contributed by atoms with Gasteiger partial charge in [-0.3, -0.25) is 0 Å². The summed E-state index contributed by atoms with van der Waals surface area (Å²) in [6.07, 6.45) is 2.88. The fraction of sp³-hybridized carbons (Fsp3) is 0.333. The smallest absolute Gasteiger partial charge is 0.206 e. The second-order valence-corrected chi connectivity index (χ2v) is 3.00. The molecular formula is C3H5NO2S. The predicted octanol–water partition coefficient (Wildman–Crippen LogP) is 0.492. The lowest BCUT2D eigenvalue weighted by Gasteiger charge is -1.90. The minimum atomic E-state index is -2.66. The van der Waals surface area contributed by atoms with Gasteiger partial charge in [0.1, 0.15) is 6.26 Å². The van der Waals surface area contributed by atoms with Crippen LogP contribution in [-0.4, -0.2) is 9.96 Å². The summed E-state index contributed by atoms with van der Waals surface area (Å²) < 4.78 is 21.5. The molecule has 0 aromatic carbocycles. The summed E-state index contributed by atoms with van der Waals surface area (Å²) in [7, 11) is -2.66. The average molecular weight is 119 g/mol. The number of hydrogen-bond acceptors (Lipinski definition) is 3. The molecule has 4 heteroatoms. The van der Waals surface area contributed by atoms with Gasteiger partial charge in [0.2, 0.25) is 10.0 Å². The fourth-order valence-electron chi connectivity index (χ4n) is 0.334. The van der Waals surface area contributed by atoms with Crippen molar-refractivity contribution in [3.63, 3.8) is 0 Å². The Morgan fingerprint density at radius 3 is 2.71 bits per heavy atom. The highest BCUT2D eigenvalue weighted by Gasteiger charge is 2.06. The van der Waals surface area contributed by atoms with Crippen LogP contribution >= 0.6 is 0 Å². The Balaban J connectivity index is 2.88. The van der Waals surface area contributed by atoms with Gasteiger partial charge in [0, 0.05) is 0 Å². The van der Waals surface area contributed by atoms with E-state index in [1.54, 1.807) is 6.08 Å². The summed E-state index contributed by atoms with van der Waals surface area (Å²) >= 11 is 0. The van der Waals surface area contributed by atoms with Crippen LogP contribution in [0.1, 0.15) is 0 Å². The van der Waals surface area contributed by atoms with E-state index in [1.165, 1.54) is 6.26 Å². The standard InChI is InChI=1S/C3H5NO2S/c4-7(5)3-1-2-6-7/h1-2,4H,3H2. The summed E-state index contributed by atoms with van der Waals surface area (Å²) in [5.41, 5.74) is 0. The number of hydrogen-bond donors (Lipinski definition) is 1. The molecular weight excluding hydrogens is 114 g/mol. The minimum absolute atomic E-state index is 0.243. The van der Waals surface area contributed by atoms with Gasteiger partial charge in [0.15, 0.2) is 0 Å². The molecule has 0 aromatic heterocycles. The Morgan fingerprint density at radius 1 is 1.86 bits per heavy atom. The van der Waals surface area contributed by atoms with E-state index in [2.05, 4.69) is 4.18 Å². The van der Waals surface area contributed by atoms with Crippen molar-refractivity contribution < 1.29 is 8.39 Å². The summed E-state index contributed by atoms with van der Waals surface area (Å²) in [5.74, 6) is 0.243. The van der Waals surface area contributed by atoms with Crippen molar-refractivity contribution in [3.05, 3.63) is 12.3 Å². The highest BCUT2D eigenvalue weighted by Crippen LogP contribution is 2.02. The van der Waals surface area contributed by atoms with Crippen molar-refractivity contribution >= 4 is 10.0 Å². The van der Waals surface area contributed by atoms with E-state index in [-0.39, 0.29) is 5.75 Å². The van der Waals surface area contributed by atoms with Crippen LogP contribution in [0.3, 0.4) is 0 Å². The van der Waals surface area contributed by atoms with Gasteiger partial charge in [-0.05, 0) is 6.08 Å². The predicted molar refractivity (Wildman–Crippen MR) is 26.0 cm³/mol. The molecule has 1 aliphatic heterocycles. The van der Waals surface area contributed by atoms with Crippen molar-refractivity contribution in [2.75, 3.05) is 5.75 Å². The van der Waals surface area contributed by atoms with Crippen molar-refractivity contribution in [2.24, 2.45) is 0 Å². The number of rotatable bonds is 0. The van der Waals surface area contributed by atoms with E-state index in [0.717, 1.165) is 0 Å². The Bertz CT molecular complexity index is 165. The zero-order valence-electron chi connectivity index (χ0n) is 3.59. The first kappa shape index (κ1) is 4.64. The third kappa shape index (κ3) is 0.928. The molecule has 0 aliphatic carbocycles. The lowest BCUT2D eigenvalue weighted by molar-refractivity contribution is 0.507. The van der Waals surface area contributed by atoms with Crippen molar-refractivity contribution in [1.29, 1.82) is 4.78 Å². The maximum absolute atomic E-state index is 10.4. The van der Waals surface area contributed by atoms with Crippen molar-refractivity contribution in [3.8, 4) is 0 Å². The Labute approximate surface area is 42.2 Å². The molecule has 0 aromatic rings. The molecule has 3 nitrogen and oxygen atoms in total. The molecule has 1 N–H and O–H groups in total. The first-order valence-corrected chi connectivity index (χ1v) is 3.46. The molecule has 0 bridgehead atoms. The SMILES string of the molecule is N=S1(=O)CC=CO1. The second kappa shape index (κ2) is 1.23. The van der Waals surface area contributed by atoms with E-state index in [0.29, 0.717) is 0 Å². The van der Waals surface area contributed by atoms with E-state index < -0.39 is 10.0 Å². The van der Waals surface area contributed by atoms with E-state index in [4.69, 9.17) is 4.78 Å². The Kier molecular flexibility index (Phi) is 0.815. The van der Waals surface area contributed by atoms with Gasteiger partial charge in [-0.1, -0.05) is 0 Å². The molecule has 0 amide bonds. The molecule has 1 rings (SSSR count). The first-order chi connectivity index (χ1) is 3.21. The topological polar surface area (TPSA) is 50.2 Å².